The van der Waals surface area contributed by atoms with Crippen molar-refractivity contribution >= 4 is 17.3 Å². The van der Waals surface area contributed by atoms with Gasteiger partial charge in [-0.2, -0.15) is 0 Å². The van der Waals surface area contributed by atoms with E-state index in [4.69, 9.17) is 12.2 Å². The predicted octanol–water partition coefficient (Wildman–Crippen LogP) is 4.82. The van der Waals surface area contributed by atoms with Crippen LogP contribution in [0.2, 0.25) is 0 Å². The van der Waals surface area contributed by atoms with E-state index in [1.807, 2.05) is 30.5 Å². The summed E-state index contributed by atoms with van der Waals surface area (Å²) in [6, 6.07) is 15.7. The second-order valence-electron chi connectivity index (χ2n) is 8.35. The SMILES string of the molecule is Cc1cc([C@@H]2[C@H](c3ccccn3)NC(=S)N2CC(C)C)c(C)n1-c1ccc(O)cc1. The van der Waals surface area contributed by atoms with Crippen molar-refractivity contribution in [3.05, 3.63) is 77.4 Å². The molecular weight excluding hydrogens is 392 g/mol. The van der Waals surface area contributed by atoms with E-state index in [0.717, 1.165) is 28.7 Å². The van der Waals surface area contributed by atoms with Gasteiger partial charge in [-0.1, -0.05) is 19.9 Å². The van der Waals surface area contributed by atoms with Crippen LogP contribution in [0, 0.1) is 19.8 Å². The van der Waals surface area contributed by atoms with Crippen LogP contribution in [0.15, 0.2) is 54.7 Å². The molecule has 1 aliphatic heterocycles. The summed E-state index contributed by atoms with van der Waals surface area (Å²) < 4.78 is 2.24. The first kappa shape index (κ1) is 20.4. The molecule has 1 fully saturated rings. The zero-order chi connectivity index (χ0) is 21.4. The summed E-state index contributed by atoms with van der Waals surface area (Å²) in [5, 5.41) is 14.0. The maximum atomic E-state index is 9.68. The maximum Gasteiger partial charge on any atom is 0.170 e. The van der Waals surface area contributed by atoms with Gasteiger partial charge in [-0.25, -0.2) is 0 Å². The lowest BCUT2D eigenvalue weighted by Gasteiger charge is -2.29. The summed E-state index contributed by atoms with van der Waals surface area (Å²) in [6.45, 7) is 9.58. The molecule has 2 aromatic heterocycles. The van der Waals surface area contributed by atoms with Crippen molar-refractivity contribution in [2.75, 3.05) is 6.54 Å². The van der Waals surface area contributed by atoms with Gasteiger partial charge in [0.2, 0.25) is 0 Å². The Hall–Kier alpha value is -2.86. The van der Waals surface area contributed by atoms with Crippen LogP contribution in [0.4, 0.5) is 0 Å². The van der Waals surface area contributed by atoms with Crippen LogP contribution in [0.25, 0.3) is 5.69 Å². The number of aryl methyl sites for hydroxylation is 1. The summed E-state index contributed by atoms with van der Waals surface area (Å²) in [7, 11) is 0. The number of aromatic nitrogens is 2. The lowest BCUT2D eigenvalue weighted by Crippen LogP contribution is -2.33. The summed E-state index contributed by atoms with van der Waals surface area (Å²) in [4.78, 5) is 6.94. The number of hydrogen-bond donors (Lipinski definition) is 2. The lowest BCUT2D eigenvalue weighted by atomic mass is 9.96. The van der Waals surface area contributed by atoms with Crippen LogP contribution >= 0.6 is 12.2 Å². The zero-order valence-corrected chi connectivity index (χ0v) is 18.6. The highest BCUT2D eigenvalue weighted by atomic mass is 32.1. The molecule has 0 radical (unpaired) electrons. The Balaban J connectivity index is 1.83. The number of rotatable bonds is 5. The van der Waals surface area contributed by atoms with Crippen molar-refractivity contribution in [3.63, 3.8) is 0 Å². The van der Waals surface area contributed by atoms with Gasteiger partial charge < -0.3 is 19.9 Å². The van der Waals surface area contributed by atoms with Gasteiger partial charge in [-0.3, -0.25) is 4.98 Å². The van der Waals surface area contributed by atoms with Crippen molar-refractivity contribution in [1.29, 1.82) is 0 Å². The first-order valence-corrected chi connectivity index (χ1v) is 10.7. The molecule has 0 unspecified atom stereocenters. The second kappa shape index (κ2) is 8.11. The van der Waals surface area contributed by atoms with E-state index in [0.29, 0.717) is 5.92 Å². The molecule has 1 aliphatic rings. The fourth-order valence-corrected chi connectivity index (χ4v) is 4.74. The van der Waals surface area contributed by atoms with Crippen LogP contribution in [0.5, 0.6) is 5.75 Å². The molecule has 5 nitrogen and oxygen atoms in total. The van der Waals surface area contributed by atoms with E-state index in [9.17, 15) is 5.11 Å². The van der Waals surface area contributed by atoms with Gasteiger partial charge in [0.1, 0.15) is 5.75 Å². The number of phenolic OH excluding ortho intramolecular Hbond substituents is 1. The minimum atomic E-state index is -0.00813. The first-order valence-electron chi connectivity index (χ1n) is 10.3. The standard InChI is InChI=1S/C24H28N4OS/c1-15(2)14-27-23(22(26-24(27)30)21-7-5-6-12-25-21)20-13-16(3)28(17(20)4)18-8-10-19(29)11-9-18/h5-13,15,22-23,29H,14H2,1-4H3,(H,26,30)/t22-,23+/m0/s1. The fraction of sp³-hybridized carbons (Fsp3) is 0.333. The molecule has 1 saturated heterocycles. The van der Waals surface area contributed by atoms with Crippen molar-refractivity contribution in [2.24, 2.45) is 5.92 Å². The topological polar surface area (TPSA) is 53.3 Å². The quantitative estimate of drug-likeness (QED) is 0.580. The van der Waals surface area contributed by atoms with E-state index in [-0.39, 0.29) is 17.8 Å². The summed E-state index contributed by atoms with van der Waals surface area (Å²) in [5.41, 5.74) is 5.59. The van der Waals surface area contributed by atoms with Crippen molar-refractivity contribution in [3.8, 4) is 11.4 Å². The number of benzene rings is 1. The Labute approximate surface area is 183 Å². The lowest BCUT2D eigenvalue weighted by molar-refractivity contribution is 0.287. The van der Waals surface area contributed by atoms with Crippen LogP contribution in [0.3, 0.4) is 0 Å². The molecular formula is C24H28N4OS. The Kier molecular flexibility index (Phi) is 5.52. The monoisotopic (exact) mass is 420 g/mol. The van der Waals surface area contributed by atoms with Crippen molar-refractivity contribution in [1.82, 2.24) is 19.8 Å². The van der Waals surface area contributed by atoms with Gasteiger partial charge in [0.15, 0.2) is 5.11 Å². The Morgan fingerprint density at radius 3 is 2.50 bits per heavy atom. The number of pyridine rings is 1. The Bertz CT molecular complexity index is 1040. The molecule has 0 saturated carbocycles. The van der Waals surface area contributed by atoms with E-state index in [1.165, 1.54) is 11.3 Å². The predicted molar refractivity (Wildman–Crippen MR) is 124 cm³/mol. The third-order valence-corrected chi connectivity index (χ3v) is 6.01. The van der Waals surface area contributed by atoms with Crippen LogP contribution in [-0.2, 0) is 0 Å². The minimum absolute atomic E-state index is 0.00813. The highest BCUT2D eigenvalue weighted by Gasteiger charge is 2.41. The number of phenols is 1. The number of nitrogens with zero attached hydrogens (tertiary/aromatic N) is 3. The number of nitrogens with one attached hydrogen (secondary N) is 1. The zero-order valence-electron chi connectivity index (χ0n) is 17.8. The van der Waals surface area contributed by atoms with Crippen LogP contribution in [-0.4, -0.2) is 31.2 Å². The molecule has 0 amide bonds. The van der Waals surface area contributed by atoms with Crippen molar-refractivity contribution < 1.29 is 5.11 Å². The first-order chi connectivity index (χ1) is 14.4. The largest absolute Gasteiger partial charge is 0.508 e. The van der Waals surface area contributed by atoms with Gasteiger partial charge in [0, 0.05) is 29.8 Å². The molecule has 0 bridgehead atoms. The smallest absolute Gasteiger partial charge is 0.170 e. The van der Waals surface area contributed by atoms with E-state index < -0.39 is 0 Å². The molecule has 6 heteroatoms. The third kappa shape index (κ3) is 3.67. The summed E-state index contributed by atoms with van der Waals surface area (Å²) in [5.74, 6) is 0.750. The van der Waals surface area contributed by atoms with Crippen LogP contribution in [0.1, 0.15) is 48.6 Å². The summed E-state index contributed by atoms with van der Waals surface area (Å²) >= 11 is 5.76. The molecule has 4 rings (SSSR count). The molecule has 3 aromatic rings. The van der Waals surface area contributed by atoms with Crippen LogP contribution < -0.4 is 5.32 Å². The third-order valence-electron chi connectivity index (χ3n) is 5.66. The fourth-order valence-electron chi connectivity index (χ4n) is 4.42. The average molecular weight is 421 g/mol. The molecule has 2 atom stereocenters. The molecule has 1 aromatic carbocycles. The maximum absolute atomic E-state index is 9.68. The van der Waals surface area contributed by atoms with Gasteiger partial charge in [0.25, 0.3) is 0 Å². The molecule has 30 heavy (non-hydrogen) atoms. The second-order valence-corrected chi connectivity index (χ2v) is 8.74. The van der Waals surface area contributed by atoms with Gasteiger partial charge >= 0.3 is 0 Å². The normalized spacial score (nSPS) is 18.8. The molecule has 3 heterocycles. The average Bonchev–Trinajstić information content (AvgIpc) is 3.19. The Morgan fingerprint density at radius 2 is 1.87 bits per heavy atom. The molecule has 0 spiro atoms. The molecule has 156 valence electrons. The van der Waals surface area contributed by atoms with Gasteiger partial charge in [0.05, 0.1) is 17.8 Å². The summed E-state index contributed by atoms with van der Waals surface area (Å²) in [6.07, 6.45) is 1.84. The minimum Gasteiger partial charge on any atom is -0.508 e. The number of thiocarbonyl (C=S) groups is 1. The highest BCUT2D eigenvalue weighted by Crippen LogP contribution is 2.41. The number of hydrogen-bond acceptors (Lipinski definition) is 3. The Morgan fingerprint density at radius 1 is 1.13 bits per heavy atom. The molecule has 2 N–H and O–H groups in total. The highest BCUT2D eigenvalue weighted by molar-refractivity contribution is 7.80. The van der Waals surface area contributed by atoms with Gasteiger partial charge in [-0.15, -0.1) is 0 Å². The van der Waals surface area contributed by atoms with E-state index in [2.05, 4.69) is 59.6 Å². The number of aromatic hydroxyl groups is 1. The molecule has 0 aliphatic carbocycles. The van der Waals surface area contributed by atoms with Gasteiger partial charge in [-0.05, 0) is 80.0 Å². The van der Waals surface area contributed by atoms with E-state index >= 15 is 0 Å². The van der Waals surface area contributed by atoms with E-state index in [1.54, 1.807) is 12.1 Å². The van der Waals surface area contributed by atoms with Crippen molar-refractivity contribution in [2.45, 2.75) is 39.8 Å².